The second-order valence-corrected chi connectivity index (χ2v) is 9.91. The minimum Gasteiger partial charge on any atom is -0.468 e. The molecule has 0 aromatic heterocycles. The largest absolute Gasteiger partial charge is 0.468 e. The van der Waals surface area contributed by atoms with Crippen molar-refractivity contribution in [2.75, 3.05) is 13.7 Å². The van der Waals surface area contributed by atoms with Gasteiger partial charge in [-0.15, -0.1) is 0 Å². The van der Waals surface area contributed by atoms with Crippen molar-refractivity contribution in [3.05, 3.63) is 0 Å². The summed E-state index contributed by atoms with van der Waals surface area (Å²) < 4.78 is 4.58. The van der Waals surface area contributed by atoms with Crippen LogP contribution in [0.3, 0.4) is 0 Å². The predicted octanol–water partition coefficient (Wildman–Crippen LogP) is 1.75. The number of methoxy groups -OCH3 is 1. The Kier molecular flexibility index (Phi) is 4.12. The first-order valence-corrected chi connectivity index (χ1v) is 7.52. The van der Waals surface area contributed by atoms with E-state index in [4.69, 9.17) is 0 Å². The van der Waals surface area contributed by atoms with Gasteiger partial charge in [-0.3, -0.25) is 4.79 Å². The minimum absolute atomic E-state index is 0.190. The highest BCUT2D eigenvalue weighted by Gasteiger charge is 2.35. The molecule has 0 aromatic rings. The maximum absolute atomic E-state index is 10.9. The van der Waals surface area contributed by atoms with Gasteiger partial charge >= 0.3 is 5.97 Å². The highest BCUT2D eigenvalue weighted by atomic mass is 28.3. The van der Waals surface area contributed by atoms with E-state index in [1.807, 2.05) is 0 Å². The molecule has 0 aliphatic rings. The van der Waals surface area contributed by atoms with Gasteiger partial charge < -0.3 is 9.72 Å². The zero-order valence-electron chi connectivity index (χ0n) is 9.52. The summed E-state index contributed by atoms with van der Waals surface area (Å²) in [6.45, 7) is 11.4. The molecule has 0 unspecified atom stereocenters. The van der Waals surface area contributed by atoms with Crippen LogP contribution in [0, 0.1) is 0 Å². The Morgan fingerprint density at radius 1 is 1.38 bits per heavy atom. The summed E-state index contributed by atoms with van der Waals surface area (Å²) in [6, 6.07) is 0. The Morgan fingerprint density at radius 3 is 2.15 bits per heavy atom. The normalized spacial score (nSPS) is 12.8. The SMILES string of the molecule is COC(=O)CN[Si](C)(C)C(C)(C)C. The van der Waals surface area contributed by atoms with Crippen LogP contribution in [0.15, 0.2) is 0 Å². The number of hydrogen-bond acceptors (Lipinski definition) is 3. The first kappa shape index (κ1) is 12.6. The second kappa shape index (κ2) is 4.24. The number of hydrogen-bond donors (Lipinski definition) is 1. The molecular formula is C9H21NO2Si. The fourth-order valence-corrected chi connectivity index (χ4v) is 1.75. The lowest BCUT2D eigenvalue weighted by atomic mass is 10.2. The zero-order valence-corrected chi connectivity index (χ0v) is 10.5. The Bertz CT molecular complexity index is 185. The Hall–Kier alpha value is -0.353. The summed E-state index contributed by atoms with van der Waals surface area (Å²) >= 11 is 0. The average Bonchev–Trinajstić information content (AvgIpc) is 1.98. The lowest BCUT2D eigenvalue weighted by Gasteiger charge is -2.37. The van der Waals surface area contributed by atoms with Gasteiger partial charge in [-0.05, 0) is 5.04 Å². The molecule has 0 atom stereocenters. The van der Waals surface area contributed by atoms with Crippen LogP contribution in [-0.2, 0) is 9.53 Å². The third-order valence-corrected chi connectivity index (χ3v) is 7.59. The molecule has 0 fully saturated rings. The Labute approximate surface area is 81.9 Å². The summed E-state index contributed by atoms with van der Waals surface area (Å²) in [5, 5.41) is 0.251. The van der Waals surface area contributed by atoms with E-state index in [1.165, 1.54) is 7.11 Å². The molecule has 0 bridgehead atoms. The number of carbonyl (C=O) groups is 1. The van der Waals surface area contributed by atoms with E-state index in [2.05, 4.69) is 43.6 Å². The van der Waals surface area contributed by atoms with Gasteiger partial charge in [0.05, 0.1) is 13.7 Å². The zero-order chi connectivity index (χ0) is 10.7. The molecule has 78 valence electrons. The molecule has 1 N–H and O–H groups in total. The molecule has 0 saturated carbocycles. The van der Waals surface area contributed by atoms with Gasteiger partial charge in [0.2, 0.25) is 0 Å². The minimum atomic E-state index is -1.53. The molecule has 13 heavy (non-hydrogen) atoms. The first-order valence-electron chi connectivity index (χ1n) is 4.52. The second-order valence-electron chi connectivity index (χ2n) is 4.80. The topological polar surface area (TPSA) is 38.3 Å². The molecule has 0 spiro atoms. The van der Waals surface area contributed by atoms with E-state index in [0.29, 0.717) is 6.54 Å². The number of carbonyl (C=O) groups excluding carboxylic acids is 1. The molecule has 4 heteroatoms. The number of esters is 1. The third-order valence-electron chi connectivity index (χ3n) is 2.78. The molecule has 0 rings (SSSR count). The van der Waals surface area contributed by atoms with Crippen LogP contribution in [0.25, 0.3) is 0 Å². The molecule has 0 aromatic carbocycles. The molecule has 0 heterocycles. The Balaban J connectivity index is 4.12. The van der Waals surface area contributed by atoms with Gasteiger partial charge in [0, 0.05) is 0 Å². The van der Waals surface area contributed by atoms with E-state index in [1.54, 1.807) is 0 Å². The molecule has 0 aliphatic carbocycles. The van der Waals surface area contributed by atoms with Crippen LogP contribution in [0.2, 0.25) is 18.1 Å². The van der Waals surface area contributed by atoms with Crippen LogP contribution < -0.4 is 4.98 Å². The summed E-state index contributed by atoms with van der Waals surface area (Å²) in [4.78, 5) is 14.2. The van der Waals surface area contributed by atoms with Crippen molar-refractivity contribution in [2.24, 2.45) is 0 Å². The van der Waals surface area contributed by atoms with Crippen molar-refractivity contribution in [2.45, 2.75) is 38.9 Å². The van der Waals surface area contributed by atoms with Crippen LogP contribution in [0.5, 0.6) is 0 Å². The maximum atomic E-state index is 10.9. The quantitative estimate of drug-likeness (QED) is 0.561. The molecule has 0 saturated heterocycles. The molecule has 0 radical (unpaired) electrons. The molecule has 3 nitrogen and oxygen atoms in total. The van der Waals surface area contributed by atoms with Crippen molar-refractivity contribution >= 4 is 14.2 Å². The molecule has 0 amide bonds. The van der Waals surface area contributed by atoms with E-state index in [9.17, 15) is 4.79 Å². The fourth-order valence-electron chi connectivity index (χ4n) is 0.630. The summed E-state index contributed by atoms with van der Waals surface area (Å²) in [7, 11) is -0.122. The highest BCUT2D eigenvalue weighted by Crippen LogP contribution is 2.33. The average molecular weight is 203 g/mol. The maximum Gasteiger partial charge on any atom is 0.319 e. The standard InChI is InChI=1S/C9H21NO2Si/c1-9(2,3)13(5,6)10-7-8(11)12-4/h10H,7H2,1-6H3. The molecular weight excluding hydrogens is 182 g/mol. The summed E-state index contributed by atoms with van der Waals surface area (Å²) in [6.07, 6.45) is 0. The number of ether oxygens (including phenoxy) is 1. The van der Waals surface area contributed by atoms with E-state index in [0.717, 1.165) is 0 Å². The summed E-state index contributed by atoms with van der Waals surface area (Å²) in [5.41, 5.74) is 0. The van der Waals surface area contributed by atoms with Crippen molar-refractivity contribution in [1.29, 1.82) is 0 Å². The third kappa shape index (κ3) is 3.91. The van der Waals surface area contributed by atoms with Crippen LogP contribution in [0.4, 0.5) is 0 Å². The number of rotatable bonds is 3. The van der Waals surface area contributed by atoms with Gasteiger partial charge in [-0.1, -0.05) is 33.9 Å². The first-order chi connectivity index (χ1) is 5.70. The van der Waals surface area contributed by atoms with Crippen LogP contribution in [0.1, 0.15) is 20.8 Å². The van der Waals surface area contributed by atoms with Gasteiger partial charge in [0.15, 0.2) is 0 Å². The number of nitrogens with one attached hydrogen (secondary N) is 1. The van der Waals surface area contributed by atoms with E-state index >= 15 is 0 Å². The van der Waals surface area contributed by atoms with Crippen molar-refractivity contribution in [3.8, 4) is 0 Å². The van der Waals surface area contributed by atoms with E-state index in [-0.39, 0.29) is 11.0 Å². The lowest BCUT2D eigenvalue weighted by molar-refractivity contribution is -0.139. The smallest absolute Gasteiger partial charge is 0.319 e. The lowest BCUT2D eigenvalue weighted by Crippen LogP contribution is -2.53. The van der Waals surface area contributed by atoms with Crippen molar-refractivity contribution in [1.82, 2.24) is 4.98 Å². The van der Waals surface area contributed by atoms with Crippen molar-refractivity contribution in [3.63, 3.8) is 0 Å². The Morgan fingerprint density at radius 2 is 1.85 bits per heavy atom. The monoisotopic (exact) mass is 203 g/mol. The van der Waals surface area contributed by atoms with Gasteiger partial charge in [0.1, 0.15) is 8.24 Å². The van der Waals surface area contributed by atoms with Gasteiger partial charge in [-0.25, -0.2) is 0 Å². The highest BCUT2D eigenvalue weighted by molar-refractivity contribution is 6.77. The fraction of sp³-hybridized carbons (Fsp3) is 0.889. The predicted molar refractivity (Wildman–Crippen MR) is 57.2 cm³/mol. The summed E-state index contributed by atoms with van der Waals surface area (Å²) in [5.74, 6) is -0.190. The molecule has 0 aliphatic heterocycles. The van der Waals surface area contributed by atoms with E-state index < -0.39 is 8.24 Å². The van der Waals surface area contributed by atoms with Crippen molar-refractivity contribution < 1.29 is 9.53 Å². The van der Waals surface area contributed by atoms with Crippen LogP contribution in [-0.4, -0.2) is 27.9 Å². The van der Waals surface area contributed by atoms with Gasteiger partial charge in [-0.2, -0.15) is 0 Å². The van der Waals surface area contributed by atoms with Gasteiger partial charge in [0.25, 0.3) is 0 Å². The van der Waals surface area contributed by atoms with Crippen LogP contribution >= 0.6 is 0 Å².